The first kappa shape index (κ1) is 14.0. The average molecular weight is 284 g/mol. The van der Waals surface area contributed by atoms with Gasteiger partial charge in [-0.25, -0.2) is 13.6 Å². The van der Waals surface area contributed by atoms with Crippen LogP contribution in [0.1, 0.15) is 39.5 Å². The zero-order valence-electron chi connectivity index (χ0n) is 12.1. The molecule has 0 radical (unpaired) electrons. The maximum Gasteiger partial charge on any atom is 0.343 e. The highest BCUT2D eigenvalue weighted by Crippen LogP contribution is 2.59. The second-order valence-electron chi connectivity index (χ2n) is 7.17. The number of carbonyl (C=O) groups is 1. The quantitative estimate of drug-likeness (QED) is 0.582. The van der Waals surface area contributed by atoms with Crippen molar-refractivity contribution in [1.82, 2.24) is 0 Å². The molecule has 3 aliphatic carbocycles. The van der Waals surface area contributed by atoms with Crippen molar-refractivity contribution in [3.05, 3.63) is 11.6 Å². The van der Waals surface area contributed by atoms with E-state index < -0.39 is 18.3 Å². The van der Waals surface area contributed by atoms with Crippen molar-refractivity contribution in [2.75, 3.05) is 6.61 Å². The Morgan fingerprint density at radius 3 is 2.95 bits per heavy atom. The number of carbonyl (C=O) groups excluding carboxylic acids is 1. The predicted octanol–water partition coefficient (Wildman–Crippen LogP) is 3.61. The lowest BCUT2D eigenvalue weighted by Gasteiger charge is -2.38. The Morgan fingerprint density at radius 2 is 2.25 bits per heavy atom. The van der Waals surface area contributed by atoms with Crippen LogP contribution in [-0.2, 0) is 9.53 Å². The first-order valence-corrected chi connectivity index (χ1v) is 7.54. The molecule has 2 bridgehead atoms. The minimum absolute atomic E-state index is 0.163. The number of fused-ring (bicyclic) bond motifs is 1. The maximum absolute atomic E-state index is 13.2. The number of rotatable bonds is 4. The van der Waals surface area contributed by atoms with Gasteiger partial charge in [0, 0.05) is 5.41 Å². The van der Waals surface area contributed by atoms with Crippen LogP contribution in [0.2, 0.25) is 0 Å². The number of ether oxygens (including phenoxy) is 1. The third kappa shape index (κ3) is 2.38. The summed E-state index contributed by atoms with van der Waals surface area (Å²) in [6, 6.07) is 0. The summed E-state index contributed by atoms with van der Waals surface area (Å²) in [6.07, 6.45) is 2.96. The van der Waals surface area contributed by atoms with E-state index in [0.717, 1.165) is 25.2 Å². The molecule has 0 aromatic rings. The summed E-state index contributed by atoms with van der Waals surface area (Å²) in [4.78, 5) is 11.4. The van der Waals surface area contributed by atoms with Crippen molar-refractivity contribution in [3.63, 3.8) is 0 Å². The van der Waals surface area contributed by atoms with Crippen LogP contribution in [0.4, 0.5) is 8.78 Å². The van der Waals surface area contributed by atoms with Crippen LogP contribution in [0.3, 0.4) is 0 Å². The van der Waals surface area contributed by atoms with Crippen LogP contribution >= 0.6 is 0 Å². The molecule has 3 aliphatic rings. The lowest BCUT2D eigenvalue weighted by molar-refractivity contribution is -0.154. The van der Waals surface area contributed by atoms with Gasteiger partial charge in [0.15, 0.2) is 0 Å². The van der Waals surface area contributed by atoms with Gasteiger partial charge in [-0.1, -0.05) is 18.6 Å². The fraction of sp³-hybridized carbons (Fsp3) is 0.812. The third-order valence-electron chi connectivity index (χ3n) is 5.23. The Morgan fingerprint density at radius 1 is 1.50 bits per heavy atom. The van der Waals surface area contributed by atoms with Gasteiger partial charge < -0.3 is 4.74 Å². The molecule has 4 heteroatoms. The molecule has 0 aromatic heterocycles. The summed E-state index contributed by atoms with van der Waals surface area (Å²) >= 11 is 0. The van der Waals surface area contributed by atoms with E-state index >= 15 is 0 Å². The molecular weight excluding hydrogens is 262 g/mol. The summed E-state index contributed by atoms with van der Waals surface area (Å²) in [5.74, 6) is 1.24. The first-order valence-electron chi connectivity index (χ1n) is 7.54. The molecule has 6 atom stereocenters. The lowest BCUT2D eigenvalue weighted by Crippen LogP contribution is -2.33. The highest BCUT2D eigenvalue weighted by Gasteiger charge is 2.49. The Kier molecular flexibility index (Phi) is 3.38. The monoisotopic (exact) mass is 284 g/mol. The molecule has 0 aliphatic heterocycles. The number of hydrogen-bond acceptors (Lipinski definition) is 2. The van der Waals surface area contributed by atoms with Crippen molar-refractivity contribution >= 4 is 5.97 Å². The van der Waals surface area contributed by atoms with Crippen LogP contribution in [0, 0.1) is 23.2 Å². The molecule has 20 heavy (non-hydrogen) atoms. The summed E-state index contributed by atoms with van der Waals surface area (Å²) in [5, 5.41) is 0. The van der Waals surface area contributed by atoms with Crippen molar-refractivity contribution in [3.8, 4) is 0 Å². The molecule has 2 fully saturated rings. The highest BCUT2D eigenvalue weighted by atomic mass is 19.2. The molecule has 2 saturated carbocycles. The van der Waals surface area contributed by atoms with Gasteiger partial charge in [0.05, 0.1) is 0 Å². The molecular formula is C16H22F2O2. The number of esters is 1. The van der Waals surface area contributed by atoms with E-state index in [4.69, 9.17) is 4.74 Å². The molecule has 0 aromatic carbocycles. The Labute approximate surface area is 118 Å². The van der Waals surface area contributed by atoms with Crippen LogP contribution in [-0.4, -0.2) is 24.9 Å². The normalized spacial score (nSPS) is 41.2. The van der Waals surface area contributed by atoms with E-state index in [9.17, 15) is 13.6 Å². The minimum atomic E-state index is -2.17. The molecule has 2 nitrogen and oxygen atoms in total. The van der Waals surface area contributed by atoms with Crippen molar-refractivity contribution < 1.29 is 18.3 Å². The van der Waals surface area contributed by atoms with E-state index in [1.165, 1.54) is 24.8 Å². The Hall–Kier alpha value is -0.930. The first-order chi connectivity index (χ1) is 9.38. The fourth-order valence-corrected chi connectivity index (χ4v) is 4.32. The van der Waals surface area contributed by atoms with Crippen LogP contribution < -0.4 is 0 Å². The minimum Gasteiger partial charge on any atom is -0.463 e. The highest BCUT2D eigenvalue weighted by molar-refractivity contribution is 5.75. The number of alkyl halides is 2. The van der Waals surface area contributed by atoms with Gasteiger partial charge in [-0.15, -0.1) is 0 Å². The fourth-order valence-electron chi connectivity index (χ4n) is 4.32. The molecule has 0 heterocycles. The second-order valence-corrected chi connectivity index (χ2v) is 7.17. The van der Waals surface area contributed by atoms with Gasteiger partial charge in [-0.05, 0) is 50.4 Å². The molecule has 5 unspecified atom stereocenters. The number of hydrogen-bond donors (Lipinski definition) is 0. The SMILES string of the molecule is CC(F)C(F)C(=O)OCC1(C)C=C2C[C@@H]3CC(CC23)C1. The molecule has 0 saturated heterocycles. The van der Waals surface area contributed by atoms with Gasteiger partial charge >= 0.3 is 5.97 Å². The van der Waals surface area contributed by atoms with Gasteiger partial charge in [0.25, 0.3) is 0 Å². The Balaban J connectivity index is 1.63. The summed E-state index contributed by atoms with van der Waals surface area (Å²) < 4.78 is 31.1. The van der Waals surface area contributed by atoms with E-state index in [1.807, 2.05) is 0 Å². The van der Waals surface area contributed by atoms with Gasteiger partial charge in [-0.3, -0.25) is 0 Å². The second kappa shape index (κ2) is 4.81. The standard InChI is InChI=1S/C16H22F2O2/c1-9(17)14(18)15(19)20-8-16(2)6-10-3-11-5-12(7-16)13(11)4-10/h7,9-11,13-14H,3-6,8H2,1-2H3/t9?,10?,11-,13?,14?,16?/m0/s1. The molecule has 0 N–H and O–H groups in total. The summed E-state index contributed by atoms with van der Waals surface area (Å²) in [6.45, 7) is 3.26. The van der Waals surface area contributed by atoms with Gasteiger partial charge in [0.2, 0.25) is 6.17 Å². The van der Waals surface area contributed by atoms with Crippen molar-refractivity contribution in [2.45, 2.75) is 51.9 Å². The van der Waals surface area contributed by atoms with E-state index in [0.29, 0.717) is 5.92 Å². The average Bonchev–Trinajstić information content (AvgIpc) is 2.62. The largest absolute Gasteiger partial charge is 0.463 e. The van der Waals surface area contributed by atoms with E-state index in [-0.39, 0.29) is 12.0 Å². The Bertz CT molecular complexity index is 446. The maximum atomic E-state index is 13.2. The van der Waals surface area contributed by atoms with E-state index in [2.05, 4.69) is 13.0 Å². The van der Waals surface area contributed by atoms with Crippen LogP contribution in [0.5, 0.6) is 0 Å². The van der Waals surface area contributed by atoms with Crippen LogP contribution in [0.25, 0.3) is 0 Å². The predicted molar refractivity (Wildman–Crippen MR) is 71.6 cm³/mol. The number of allylic oxidation sites excluding steroid dienone is 1. The molecule has 0 spiro atoms. The topological polar surface area (TPSA) is 26.3 Å². The molecule has 3 rings (SSSR count). The smallest absolute Gasteiger partial charge is 0.343 e. The van der Waals surface area contributed by atoms with Crippen LogP contribution in [0.15, 0.2) is 11.6 Å². The summed E-state index contributed by atoms with van der Waals surface area (Å²) in [7, 11) is 0. The van der Waals surface area contributed by atoms with Gasteiger partial charge in [-0.2, -0.15) is 0 Å². The molecule has 0 amide bonds. The number of halogens is 2. The van der Waals surface area contributed by atoms with E-state index in [1.54, 1.807) is 0 Å². The third-order valence-corrected chi connectivity index (χ3v) is 5.23. The zero-order valence-corrected chi connectivity index (χ0v) is 12.1. The summed E-state index contributed by atoms with van der Waals surface area (Å²) in [5.41, 5.74) is 1.28. The molecule has 112 valence electrons. The van der Waals surface area contributed by atoms with Gasteiger partial charge in [0.1, 0.15) is 12.8 Å². The lowest BCUT2D eigenvalue weighted by atomic mass is 9.68. The van der Waals surface area contributed by atoms with Crippen molar-refractivity contribution in [2.24, 2.45) is 23.2 Å². The van der Waals surface area contributed by atoms with Crippen molar-refractivity contribution in [1.29, 1.82) is 0 Å². The zero-order chi connectivity index (χ0) is 14.5.